The predicted molar refractivity (Wildman–Crippen MR) is 171 cm³/mol. The molecule has 2 amide bonds. The number of fused-ring (bicyclic) bond motifs is 1. The summed E-state index contributed by atoms with van der Waals surface area (Å²) in [7, 11) is 0. The molecule has 11 nitrogen and oxygen atoms in total. The number of nitrogens with zero attached hydrogens (tertiary/aromatic N) is 2. The molecule has 0 spiro atoms. The molecule has 3 aromatic rings. The standard InChI is InChI=1S/C35H44N4O7/c36-18-10-9-13-25(33(42)34-38-28-16-7-8-17-31(28)46-34)19-30(40)29-20-27(44-23-24-11-3-1-4-12-24)22-39(29)32(41)21-37-35(43)45-26-14-5-2-6-15-26/h1,3-4,7-8,11-12,16-17,25-27,29H,2,5-6,9-10,13-15,18-23,36H2,(H,37,43)/t25-,27-,29+/m1/s1. The number of hydrogen-bond donors (Lipinski definition) is 2. The fraction of sp³-hybridized carbons (Fsp3) is 0.514. The predicted octanol–water partition coefficient (Wildman–Crippen LogP) is 4.96. The van der Waals surface area contributed by atoms with Gasteiger partial charge in [0.2, 0.25) is 11.7 Å². The van der Waals surface area contributed by atoms with Crippen LogP contribution in [0.2, 0.25) is 0 Å². The Labute approximate surface area is 269 Å². The van der Waals surface area contributed by atoms with E-state index in [2.05, 4.69) is 10.3 Å². The van der Waals surface area contributed by atoms with Crippen LogP contribution in [0.4, 0.5) is 4.79 Å². The first-order chi connectivity index (χ1) is 22.4. The van der Waals surface area contributed by atoms with E-state index in [0.717, 1.165) is 37.7 Å². The van der Waals surface area contributed by atoms with E-state index in [9.17, 15) is 19.2 Å². The maximum Gasteiger partial charge on any atom is 0.407 e. The van der Waals surface area contributed by atoms with Crippen LogP contribution >= 0.6 is 0 Å². The lowest BCUT2D eigenvalue weighted by molar-refractivity contribution is -0.137. The number of hydrogen-bond acceptors (Lipinski definition) is 9. The highest BCUT2D eigenvalue weighted by molar-refractivity contribution is 5.99. The van der Waals surface area contributed by atoms with Crippen LogP contribution in [0, 0.1) is 5.92 Å². The minimum Gasteiger partial charge on any atom is -0.446 e. The van der Waals surface area contributed by atoms with Crippen molar-refractivity contribution in [3.05, 3.63) is 66.1 Å². The summed E-state index contributed by atoms with van der Waals surface area (Å²) in [4.78, 5) is 59.3. The van der Waals surface area contributed by atoms with E-state index in [1.807, 2.05) is 36.4 Å². The number of oxazole rings is 1. The van der Waals surface area contributed by atoms with Gasteiger partial charge in [-0.3, -0.25) is 14.4 Å². The van der Waals surface area contributed by atoms with Gasteiger partial charge in [0.15, 0.2) is 11.4 Å². The van der Waals surface area contributed by atoms with Gasteiger partial charge in [0.05, 0.1) is 18.8 Å². The van der Waals surface area contributed by atoms with Crippen LogP contribution in [-0.4, -0.2) is 71.3 Å². The number of unbranched alkanes of at least 4 members (excludes halogenated alkanes) is 1. The van der Waals surface area contributed by atoms with Crippen molar-refractivity contribution in [1.82, 2.24) is 15.2 Å². The number of ether oxygens (including phenoxy) is 2. The zero-order chi connectivity index (χ0) is 32.3. The normalized spacial score (nSPS) is 19.2. The minimum absolute atomic E-state index is 0.0316. The number of para-hydroxylation sites is 2. The number of aromatic nitrogens is 1. The second kappa shape index (κ2) is 16.5. The molecule has 2 aromatic carbocycles. The van der Waals surface area contributed by atoms with Crippen LogP contribution < -0.4 is 11.1 Å². The van der Waals surface area contributed by atoms with Crippen molar-refractivity contribution in [3.63, 3.8) is 0 Å². The third-order valence-corrected chi connectivity index (χ3v) is 8.82. The molecule has 2 heterocycles. The van der Waals surface area contributed by atoms with Gasteiger partial charge in [-0.15, -0.1) is 0 Å². The molecule has 1 aliphatic carbocycles. The lowest BCUT2D eigenvalue weighted by Crippen LogP contribution is -2.46. The zero-order valence-corrected chi connectivity index (χ0v) is 26.2. The molecule has 46 heavy (non-hydrogen) atoms. The summed E-state index contributed by atoms with van der Waals surface area (Å²) < 4.78 is 17.4. The number of Topliss-reactive ketones (excluding diaryl/α,β-unsaturated/α-hetero) is 2. The van der Waals surface area contributed by atoms with Crippen LogP contribution in [0.25, 0.3) is 11.1 Å². The molecule has 0 radical (unpaired) electrons. The Balaban J connectivity index is 1.27. The number of benzene rings is 2. The van der Waals surface area contributed by atoms with Crippen molar-refractivity contribution >= 4 is 34.7 Å². The van der Waals surface area contributed by atoms with Gasteiger partial charge < -0.3 is 29.8 Å². The van der Waals surface area contributed by atoms with Crippen LogP contribution in [0.1, 0.15) is 80.5 Å². The zero-order valence-electron chi connectivity index (χ0n) is 26.2. The average molecular weight is 633 g/mol. The number of amides is 2. The number of rotatable bonds is 15. The van der Waals surface area contributed by atoms with Gasteiger partial charge in [-0.2, -0.15) is 0 Å². The molecule has 1 saturated heterocycles. The van der Waals surface area contributed by atoms with Gasteiger partial charge in [0, 0.05) is 25.3 Å². The maximum absolute atomic E-state index is 13.9. The summed E-state index contributed by atoms with van der Waals surface area (Å²) in [5, 5.41) is 2.58. The first-order valence-corrected chi connectivity index (χ1v) is 16.4. The Morgan fingerprint density at radius 3 is 2.50 bits per heavy atom. The SMILES string of the molecule is NCCCC[C@H](CC(=O)[C@@H]1C[C@@H](OCc2ccccc2)CN1C(=O)CNC(=O)OC1CCCCC1)C(=O)c1nc2ccccc2o1. The molecule has 1 aliphatic heterocycles. The van der Waals surface area contributed by atoms with Crippen molar-refractivity contribution in [2.75, 3.05) is 19.6 Å². The Hall–Kier alpha value is -4.09. The summed E-state index contributed by atoms with van der Waals surface area (Å²) >= 11 is 0. The third kappa shape index (κ3) is 9.01. The van der Waals surface area contributed by atoms with Crippen molar-refractivity contribution in [2.24, 2.45) is 11.7 Å². The van der Waals surface area contributed by atoms with Gasteiger partial charge in [-0.25, -0.2) is 9.78 Å². The Morgan fingerprint density at radius 2 is 1.74 bits per heavy atom. The molecule has 2 fully saturated rings. The van der Waals surface area contributed by atoms with E-state index in [1.165, 1.54) is 4.90 Å². The van der Waals surface area contributed by atoms with E-state index in [4.69, 9.17) is 19.6 Å². The van der Waals surface area contributed by atoms with E-state index in [0.29, 0.717) is 43.5 Å². The largest absolute Gasteiger partial charge is 0.446 e. The van der Waals surface area contributed by atoms with Crippen LogP contribution in [-0.2, 0) is 25.7 Å². The summed E-state index contributed by atoms with van der Waals surface area (Å²) in [6.07, 6.45) is 5.63. The van der Waals surface area contributed by atoms with E-state index in [1.54, 1.807) is 18.2 Å². The van der Waals surface area contributed by atoms with E-state index >= 15 is 0 Å². The molecule has 5 rings (SSSR count). The monoisotopic (exact) mass is 632 g/mol. The van der Waals surface area contributed by atoms with Gasteiger partial charge >= 0.3 is 6.09 Å². The number of nitrogens with one attached hydrogen (secondary N) is 1. The van der Waals surface area contributed by atoms with Crippen molar-refractivity contribution in [1.29, 1.82) is 0 Å². The summed E-state index contributed by atoms with van der Waals surface area (Å²) in [5.41, 5.74) is 7.76. The second-order valence-electron chi connectivity index (χ2n) is 12.2. The van der Waals surface area contributed by atoms with Gasteiger partial charge in [0.1, 0.15) is 18.2 Å². The fourth-order valence-electron chi connectivity index (χ4n) is 6.30. The number of carbonyl (C=O) groups is 4. The van der Waals surface area contributed by atoms with Crippen LogP contribution in [0.15, 0.2) is 59.0 Å². The molecular formula is C35H44N4O7. The van der Waals surface area contributed by atoms with E-state index in [-0.39, 0.29) is 49.5 Å². The van der Waals surface area contributed by atoms with Crippen molar-refractivity contribution < 1.29 is 33.1 Å². The van der Waals surface area contributed by atoms with Gasteiger partial charge in [0.25, 0.3) is 5.89 Å². The molecule has 1 saturated carbocycles. The number of carbonyl (C=O) groups excluding carboxylic acids is 4. The molecule has 11 heteroatoms. The molecule has 246 valence electrons. The molecule has 2 aliphatic rings. The quantitative estimate of drug-likeness (QED) is 0.175. The fourth-order valence-corrected chi connectivity index (χ4v) is 6.30. The first kappa shape index (κ1) is 33.3. The molecule has 1 aromatic heterocycles. The Morgan fingerprint density at radius 1 is 0.978 bits per heavy atom. The Bertz CT molecular complexity index is 1440. The lowest BCUT2D eigenvalue weighted by Gasteiger charge is -2.25. The highest BCUT2D eigenvalue weighted by Gasteiger charge is 2.41. The number of likely N-dealkylation sites (tertiary alicyclic amines) is 1. The highest BCUT2D eigenvalue weighted by Crippen LogP contribution is 2.28. The topological polar surface area (TPSA) is 154 Å². The van der Waals surface area contributed by atoms with Crippen LogP contribution in [0.5, 0.6) is 0 Å². The maximum atomic E-state index is 13.9. The lowest BCUT2D eigenvalue weighted by atomic mass is 9.89. The summed E-state index contributed by atoms with van der Waals surface area (Å²) in [6.45, 7) is 0.693. The smallest absolute Gasteiger partial charge is 0.407 e. The second-order valence-corrected chi connectivity index (χ2v) is 12.2. The van der Waals surface area contributed by atoms with Crippen molar-refractivity contribution in [3.8, 4) is 0 Å². The van der Waals surface area contributed by atoms with Crippen LogP contribution in [0.3, 0.4) is 0 Å². The molecule has 3 atom stereocenters. The number of nitrogens with two attached hydrogens (primary N) is 1. The average Bonchev–Trinajstić information content (AvgIpc) is 3.72. The molecule has 3 N–H and O–H groups in total. The molecule has 0 bridgehead atoms. The molecule has 0 unspecified atom stereocenters. The molecular weight excluding hydrogens is 588 g/mol. The van der Waals surface area contributed by atoms with E-state index < -0.39 is 30.1 Å². The van der Waals surface area contributed by atoms with Gasteiger partial charge in [-0.1, -0.05) is 55.3 Å². The number of ketones is 2. The summed E-state index contributed by atoms with van der Waals surface area (Å²) in [6, 6.07) is 16.0. The third-order valence-electron chi connectivity index (χ3n) is 8.82. The highest BCUT2D eigenvalue weighted by atomic mass is 16.6. The Kier molecular flexibility index (Phi) is 11.9. The van der Waals surface area contributed by atoms with Crippen molar-refractivity contribution in [2.45, 2.75) is 89.1 Å². The first-order valence-electron chi connectivity index (χ1n) is 16.4. The van der Waals surface area contributed by atoms with Gasteiger partial charge in [-0.05, 0) is 62.8 Å². The summed E-state index contributed by atoms with van der Waals surface area (Å²) in [5.74, 6) is -1.71. The minimum atomic E-state index is -0.808. The number of alkyl carbamates (subject to hydrolysis) is 1.